The number of carbonyl (C=O) groups is 1. The summed E-state index contributed by atoms with van der Waals surface area (Å²) in [7, 11) is 0. The molecule has 0 unspecified atom stereocenters. The molecule has 2 heterocycles. The summed E-state index contributed by atoms with van der Waals surface area (Å²) in [6, 6.07) is 12.2. The van der Waals surface area contributed by atoms with Crippen LogP contribution in [0.4, 0.5) is 0 Å². The van der Waals surface area contributed by atoms with Crippen molar-refractivity contribution in [3.8, 4) is 17.2 Å². The summed E-state index contributed by atoms with van der Waals surface area (Å²) in [6.45, 7) is 0.388. The number of Topliss-reactive ketones (excluding diaryl/α,β-unsaturated/α-hetero) is 1. The third-order valence-electron chi connectivity index (χ3n) is 3.62. The van der Waals surface area contributed by atoms with Gasteiger partial charge in [0, 0.05) is 11.6 Å². The first-order valence-corrected chi connectivity index (χ1v) is 6.90. The van der Waals surface area contributed by atoms with Gasteiger partial charge in [0.15, 0.2) is 5.76 Å². The minimum Gasteiger partial charge on any atom is -0.508 e. The number of phenolic OH excluding ortho intramolecular Hbond substituents is 1. The van der Waals surface area contributed by atoms with Crippen molar-refractivity contribution in [2.24, 2.45) is 0 Å². The van der Waals surface area contributed by atoms with E-state index in [0.29, 0.717) is 17.9 Å². The third-order valence-corrected chi connectivity index (χ3v) is 3.62. The highest BCUT2D eigenvalue weighted by molar-refractivity contribution is 6.12. The largest absolute Gasteiger partial charge is 0.508 e. The second-order valence-corrected chi connectivity index (χ2v) is 5.17. The van der Waals surface area contributed by atoms with Gasteiger partial charge in [0.1, 0.15) is 23.9 Å². The summed E-state index contributed by atoms with van der Waals surface area (Å²) >= 11 is 0. The van der Waals surface area contributed by atoms with Crippen LogP contribution in [0, 0.1) is 0 Å². The van der Waals surface area contributed by atoms with Crippen LogP contribution in [0.25, 0.3) is 6.08 Å². The summed E-state index contributed by atoms with van der Waals surface area (Å²) in [5.74, 6) is 1.34. The first-order chi connectivity index (χ1) is 10.7. The van der Waals surface area contributed by atoms with Crippen LogP contribution >= 0.6 is 0 Å². The molecule has 0 atom stereocenters. The molecule has 1 N–H and O–H groups in total. The highest BCUT2D eigenvalue weighted by Gasteiger charge is 2.28. The van der Waals surface area contributed by atoms with Crippen LogP contribution < -0.4 is 9.47 Å². The Hall–Kier alpha value is -3.01. The second kappa shape index (κ2) is 4.77. The van der Waals surface area contributed by atoms with Gasteiger partial charge in [0.05, 0.1) is 5.56 Å². The predicted molar refractivity (Wildman–Crippen MR) is 81.1 cm³/mol. The van der Waals surface area contributed by atoms with Crippen LogP contribution in [0.2, 0.25) is 0 Å². The molecule has 0 saturated carbocycles. The number of rotatable bonds is 1. The Morgan fingerprint density at radius 2 is 1.95 bits per heavy atom. The van der Waals surface area contributed by atoms with E-state index in [9.17, 15) is 9.90 Å². The predicted octanol–water partition coefficient (Wildman–Crippen LogP) is 3.33. The Balaban J connectivity index is 1.68. The molecular formula is C18H12O4. The van der Waals surface area contributed by atoms with Crippen molar-refractivity contribution in [1.82, 2.24) is 0 Å². The van der Waals surface area contributed by atoms with Gasteiger partial charge in [-0.2, -0.15) is 0 Å². The standard InChI is InChI=1S/C18H12O4/c19-13-5-6-14-16(9-13)22-17(18(14)20)8-11-7-12-3-1-2-4-15(12)21-10-11/h1-9,19H,10H2. The molecule has 0 amide bonds. The van der Waals surface area contributed by atoms with E-state index in [0.717, 1.165) is 16.9 Å². The quantitative estimate of drug-likeness (QED) is 0.819. The number of carbonyl (C=O) groups excluding carboxylic acids is 1. The van der Waals surface area contributed by atoms with Gasteiger partial charge in [-0.15, -0.1) is 0 Å². The Bertz CT molecular complexity index is 846. The van der Waals surface area contributed by atoms with Crippen molar-refractivity contribution in [1.29, 1.82) is 0 Å². The number of hydrogen-bond acceptors (Lipinski definition) is 4. The number of ketones is 1. The van der Waals surface area contributed by atoms with Crippen LogP contribution in [-0.2, 0) is 0 Å². The Kier molecular flexibility index (Phi) is 2.76. The van der Waals surface area contributed by atoms with Crippen LogP contribution in [0.15, 0.2) is 59.9 Å². The molecule has 2 aliphatic heterocycles. The van der Waals surface area contributed by atoms with Crippen molar-refractivity contribution in [2.45, 2.75) is 0 Å². The lowest BCUT2D eigenvalue weighted by Crippen LogP contribution is -2.08. The molecule has 0 radical (unpaired) electrons. The number of fused-ring (bicyclic) bond motifs is 2. The summed E-state index contributed by atoms with van der Waals surface area (Å²) in [5, 5.41) is 9.46. The summed E-state index contributed by atoms with van der Waals surface area (Å²) in [4.78, 5) is 12.3. The van der Waals surface area contributed by atoms with Gasteiger partial charge < -0.3 is 14.6 Å². The lowest BCUT2D eigenvalue weighted by Gasteiger charge is -2.15. The Morgan fingerprint density at radius 3 is 2.86 bits per heavy atom. The van der Waals surface area contributed by atoms with E-state index in [1.54, 1.807) is 12.1 Å². The molecule has 4 nitrogen and oxygen atoms in total. The van der Waals surface area contributed by atoms with Gasteiger partial charge in [0.25, 0.3) is 0 Å². The van der Waals surface area contributed by atoms with Gasteiger partial charge >= 0.3 is 0 Å². The maximum absolute atomic E-state index is 12.3. The molecule has 2 aromatic rings. The van der Waals surface area contributed by atoms with Gasteiger partial charge in [-0.25, -0.2) is 0 Å². The Labute approximate surface area is 126 Å². The van der Waals surface area contributed by atoms with E-state index in [4.69, 9.17) is 9.47 Å². The molecule has 4 heteroatoms. The average molecular weight is 292 g/mol. The number of hydrogen-bond donors (Lipinski definition) is 1. The van der Waals surface area contributed by atoms with Crippen molar-refractivity contribution in [2.75, 3.05) is 6.61 Å². The fraction of sp³-hybridized carbons (Fsp3) is 0.0556. The minimum absolute atomic E-state index is 0.0712. The molecule has 108 valence electrons. The van der Waals surface area contributed by atoms with Gasteiger partial charge in [0.2, 0.25) is 5.78 Å². The zero-order valence-corrected chi connectivity index (χ0v) is 11.6. The highest BCUT2D eigenvalue weighted by atomic mass is 16.5. The molecule has 0 bridgehead atoms. The van der Waals surface area contributed by atoms with Crippen molar-refractivity contribution in [3.05, 3.63) is 71.0 Å². The van der Waals surface area contributed by atoms with Gasteiger partial charge in [-0.1, -0.05) is 18.2 Å². The van der Waals surface area contributed by atoms with Gasteiger partial charge in [-0.05, 0) is 35.9 Å². The molecule has 0 saturated heterocycles. The topological polar surface area (TPSA) is 55.8 Å². The fourth-order valence-corrected chi connectivity index (χ4v) is 2.56. The molecule has 0 fully saturated rings. The Morgan fingerprint density at radius 1 is 1.09 bits per heavy atom. The van der Waals surface area contributed by atoms with E-state index < -0.39 is 0 Å². The highest BCUT2D eigenvalue weighted by Crippen LogP contribution is 2.35. The van der Waals surface area contributed by atoms with Crippen molar-refractivity contribution >= 4 is 11.9 Å². The zero-order chi connectivity index (χ0) is 15.1. The van der Waals surface area contributed by atoms with E-state index >= 15 is 0 Å². The second-order valence-electron chi connectivity index (χ2n) is 5.17. The minimum atomic E-state index is -0.185. The number of allylic oxidation sites excluding steroid dienone is 1. The smallest absolute Gasteiger partial charge is 0.231 e. The lowest BCUT2D eigenvalue weighted by atomic mass is 10.1. The molecule has 4 rings (SSSR count). The SMILES string of the molecule is O=C1C(=CC2=Cc3ccccc3OC2)Oc2cc(O)ccc21. The van der Waals surface area contributed by atoms with Gasteiger partial charge in [-0.3, -0.25) is 4.79 Å². The number of phenols is 1. The molecular weight excluding hydrogens is 280 g/mol. The van der Waals surface area contributed by atoms with Crippen LogP contribution in [0.1, 0.15) is 15.9 Å². The van der Waals surface area contributed by atoms with Crippen molar-refractivity contribution < 1.29 is 19.4 Å². The summed E-state index contributed by atoms with van der Waals surface area (Å²) in [6.07, 6.45) is 3.66. The lowest BCUT2D eigenvalue weighted by molar-refractivity contribution is 0.101. The summed E-state index contributed by atoms with van der Waals surface area (Å²) in [5.41, 5.74) is 2.29. The number of para-hydroxylation sites is 1. The van der Waals surface area contributed by atoms with E-state index in [1.165, 1.54) is 12.1 Å². The number of aromatic hydroxyl groups is 1. The van der Waals surface area contributed by atoms with Crippen molar-refractivity contribution in [3.63, 3.8) is 0 Å². The van der Waals surface area contributed by atoms with Crippen LogP contribution in [0.5, 0.6) is 17.2 Å². The summed E-state index contributed by atoms with van der Waals surface area (Å²) < 4.78 is 11.2. The van der Waals surface area contributed by atoms with Crippen LogP contribution in [-0.4, -0.2) is 17.5 Å². The molecule has 22 heavy (non-hydrogen) atoms. The third kappa shape index (κ3) is 2.05. The first-order valence-electron chi connectivity index (χ1n) is 6.90. The molecule has 0 aromatic heterocycles. The van der Waals surface area contributed by atoms with E-state index in [2.05, 4.69) is 0 Å². The maximum atomic E-state index is 12.3. The zero-order valence-electron chi connectivity index (χ0n) is 11.6. The molecule has 2 aliphatic rings. The average Bonchev–Trinajstić information content (AvgIpc) is 2.82. The first kappa shape index (κ1) is 12.7. The number of benzene rings is 2. The van der Waals surface area contributed by atoms with E-state index in [1.807, 2.05) is 30.3 Å². The number of ether oxygens (including phenoxy) is 2. The molecule has 2 aromatic carbocycles. The fourth-order valence-electron chi connectivity index (χ4n) is 2.56. The molecule has 0 aliphatic carbocycles. The maximum Gasteiger partial charge on any atom is 0.231 e. The normalized spacial score (nSPS) is 17.4. The monoisotopic (exact) mass is 292 g/mol. The molecule has 0 spiro atoms. The van der Waals surface area contributed by atoms with E-state index in [-0.39, 0.29) is 17.3 Å². The van der Waals surface area contributed by atoms with Crippen LogP contribution in [0.3, 0.4) is 0 Å².